The number of hydrogen-bond acceptors (Lipinski definition) is 2. The molecule has 2 heteroatoms. The summed E-state index contributed by atoms with van der Waals surface area (Å²) >= 11 is 0. The van der Waals surface area contributed by atoms with Gasteiger partial charge in [0.05, 0.1) is 7.11 Å². The van der Waals surface area contributed by atoms with Crippen LogP contribution >= 0.6 is 0 Å². The summed E-state index contributed by atoms with van der Waals surface area (Å²) in [5, 5.41) is 0. The van der Waals surface area contributed by atoms with E-state index in [1.807, 2.05) is 25.1 Å². The van der Waals surface area contributed by atoms with Crippen molar-refractivity contribution in [2.45, 2.75) is 19.8 Å². The number of rotatable bonds is 6. The maximum Gasteiger partial charge on any atom is 0.161 e. The average molecular weight is 219 g/mol. The molecule has 2 nitrogen and oxygen atoms in total. The van der Waals surface area contributed by atoms with Crippen LogP contribution in [0.2, 0.25) is 0 Å². The molecular formula is C14H19O2. The zero-order valence-corrected chi connectivity index (χ0v) is 10.1. The maximum atomic E-state index is 5.58. The van der Waals surface area contributed by atoms with Crippen LogP contribution in [0.4, 0.5) is 0 Å². The molecule has 1 rings (SSSR count). The van der Waals surface area contributed by atoms with Crippen LogP contribution in [0, 0.1) is 6.92 Å². The molecule has 0 saturated heterocycles. The van der Waals surface area contributed by atoms with Crippen LogP contribution in [0.15, 0.2) is 30.4 Å². The molecule has 1 aromatic carbocycles. The SMILES string of the molecule is [CH2]CCc1ccc(OCC(=C)C)c(OC)c1. The molecular weight excluding hydrogens is 200 g/mol. The van der Waals surface area contributed by atoms with Crippen LogP contribution in [-0.4, -0.2) is 13.7 Å². The summed E-state index contributed by atoms with van der Waals surface area (Å²) in [6.07, 6.45) is 1.84. The normalized spacial score (nSPS) is 9.94. The molecule has 0 aliphatic heterocycles. The van der Waals surface area contributed by atoms with E-state index < -0.39 is 0 Å². The standard InChI is InChI=1S/C14H19O2/c1-5-6-12-7-8-13(14(9-12)15-4)16-10-11(2)3/h7-9H,1-2,5-6,10H2,3-4H3. The second-order valence-corrected chi connectivity index (χ2v) is 3.83. The molecule has 0 atom stereocenters. The van der Waals surface area contributed by atoms with Gasteiger partial charge in [0, 0.05) is 0 Å². The summed E-state index contributed by atoms with van der Waals surface area (Å²) in [4.78, 5) is 0. The Kier molecular flexibility index (Phi) is 4.90. The molecule has 0 aliphatic rings. The number of methoxy groups -OCH3 is 1. The van der Waals surface area contributed by atoms with Crippen molar-refractivity contribution in [3.63, 3.8) is 0 Å². The highest BCUT2D eigenvalue weighted by Crippen LogP contribution is 2.28. The third kappa shape index (κ3) is 3.61. The molecule has 0 heterocycles. The van der Waals surface area contributed by atoms with Crippen LogP contribution < -0.4 is 9.47 Å². The van der Waals surface area contributed by atoms with E-state index in [0.717, 1.165) is 29.9 Å². The number of benzene rings is 1. The van der Waals surface area contributed by atoms with Crippen molar-refractivity contribution in [2.24, 2.45) is 0 Å². The monoisotopic (exact) mass is 219 g/mol. The van der Waals surface area contributed by atoms with Gasteiger partial charge in [0.15, 0.2) is 11.5 Å². The van der Waals surface area contributed by atoms with E-state index in [2.05, 4.69) is 13.5 Å². The van der Waals surface area contributed by atoms with Gasteiger partial charge in [-0.3, -0.25) is 0 Å². The molecule has 87 valence electrons. The average Bonchev–Trinajstić information content (AvgIpc) is 2.27. The Morgan fingerprint density at radius 3 is 2.62 bits per heavy atom. The third-order valence-electron chi connectivity index (χ3n) is 2.17. The molecule has 1 radical (unpaired) electrons. The van der Waals surface area contributed by atoms with Crippen LogP contribution in [0.5, 0.6) is 11.5 Å². The first-order chi connectivity index (χ1) is 7.67. The lowest BCUT2D eigenvalue weighted by atomic mass is 10.1. The van der Waals surface area contributed by atoms with Gasteiger partial charge in [-0.25, -0.2) is 0 Å². The molecule has 0 amide bonds. The minimum absolute atomic E-state index is 0.519. The van der Waals surface area contributed by atoms with E-state index >= 15 is 0 Å². The summed E-state index contributed by atoms with van der Waals surface area (Å²) in [5.74, 6) is 1.53. The molecule has 1 aromatic rings. The summed E-state index contributed by atoms with van der Waals surface area (Å²) in [7, 11) is 1.65. The Hall–Kier alpha value is -1.44. The molecule has 0 spiro atoms. The Morgan fingerprint density at radius 2 is 2.06 bits per heavy atom. The first kappa shape index (κ1) is 12.6. The van der Waals surface area contributed by atoms with E-state index in [-0.39, 0.29) is 0 Å². The van der Waals surface area contributed by atoms with Crippen LogP contribution in [0.3, 0.4) is 0 Å². The lowest BCUT2D eigenvalue weighted by Crippen LogP contribution is -2.00. The summed E-state index contributed by atoms with van der Waals surface area (Å²) in [5.41, 5.74) is 2.21. The maximum absolute atomic E-state index is 5.58. The molecule has 0 aromatic heterocycles. The fourth-order valence-corrected chi connectivity index (χ4v) is 1.39. The fraction of sp³-hybridized carbons (Fsp3) is 0.357. The van der Waals surface area contributed by atoms with Crippen molar-refractivity contribution < 1.29 is 9.47 Å². The number of aryl methyl sites for hydroxylation is 1. The minimum atomic E-state index is 0.519. The van der Waals surface area contributed by atoms with Crippen molar-refractivity contribution in [2.75, 3.05) is 13.7 Å². The highest BCUT2D eigenvalue weighted by molar-refractivity contribution is 5.43. The first-order valence-electron chi connectivity index (χ1n) is 5.40. The first-order valence-corrected chi connectivity index (χ1v) is 5.40. The Morgan fingerprint density at radius 1 is 1.31 bits per heavy atom. The molecule has 16 heavy (non-hydrogen) atoms. The van der Waals surface area contributed by atoms with Crippen molar-refractivity contribution in [1.82, 2.24) is 0 Å². The highest BCUT2D eigenvalue weighted by Gasteiger charge is 2.05. The van der Waals surface area contributed by atoms with Gasteiger partial charge in [-0.15, -0.1) is 0 Å². The molecule has 0 saturated carbocycles. The van der Waals surface area contributed by atoms with Crippen molar-refractivity contribution in [3.05, 3.63) is 42.8 Å². The third-order valence-corrected chi connectivity index (χ3v) is 2.17. The van der Waals surface area contributed by atoms with Gasteiger partial charge in [-0.1, -0.05) is 19.6 Å². The van der Waals surface area contributed by atoms with E-state index in [1.54, 1.807) is 7.11 Å². The Balaban J connectivity index is 2.80. The molecule has 0 unspecified atom stereocenters. The van der Waals surface area contributed by atoms with Gasteiger partial charge in [0.1, 0.15) is 6.61 Å². The molecule has 0 N–H and O–H groups in total. The summed E-state index contributed by atoms with van der Waals surface area (Å²) in [6.45, 7) is 10.1. The smallest absolute Gasteiger partial charge is 0.161 e. The summed E-state index contributed by atoms with van der Waals surface area (Å²) < 4.78 is 10.9. The quantitative estimate of drug-likeness (QED) is 0.682. The molecule has 0 aliphatic carbocycles. The predicted octanol–water partition coefficient (Wildman–Crippen LogP) is 3.42. The second kappa shape index (κ2) is 6.21. The van der Waals surface area contributed by atoms with Crippen LogP contribution in [-0.2, 0) is 6.42 Å². The van der Waals surface area contributed by atoms with Crippen molar-refractivity contribution >= 4 is 0 Å². The van der Waals surface area contributed by atoms with Crippen molar-refractivity contribution in [1.29, 1.82) is 0 Å². The highest BCUT2D eigenvalue weighted by atomic mass is 16.5. The van der Waals surface area contributed by atoms with E-state index in [9.17, 15) is 0 Å². The second-order valence-electron chi connectivity index (χ2n) is 3.83. The molecule has 0 bridgehead atoms. The van der Waals surface area contributed by atoms with Gasteiger partial charge in [-0.05, 0) is 43.0 Å². The van der Waals surface area contributed by atoms with E-state index in [0.29, 0.717) is 6.61 Å². The lowest BCUT2D eigenvalue weighted by molar-refractivity contribution is 0.319. The topological polar surface area (TPSA) is 18.5 Å². The largest absolute Gasteiger partial charge is 0.493 e. The lowest BCUT2D eigenvalue weighted by Gasteiger charge is -2.11. The van der Waals surface area contributed by atoms with Gasteiger partial charge in [0.2, 0.25) is 0 Å². The van der Waals surface area contributed by atoms with Crippen molar-refractivity contribution in [3.8, 4) is 11.5 Å². The van der Waals surface area contributed by atoms with Gasteiger partial charge in [-0.2, -0.15) is 0 Å². The minimum Gasteiger partial charge on any atom is -0.493 e. The summed E-state index contributed by atoms with van der Waals surface area (Å²) in [6, 6.07) is 5.98. The van der Waals surface area contributed by atoms with Gasteiger partial charge in [0.25, 0.3) is 0 Å². The Bertz CT molecular complexity index is 356. The predicted molar refractivity (Wildman–Crippen MR) is 67.0 cm³/mol. The Labute approximate surface area is 97.9 Å². The zero-order chi connectivity index (χ0) is 12.0. The molecule has 0 fully saturated rings. The van der Waals surface area contributed by atoms with Gasteiger partial charge < -0.3 is 9.47 Å². The van der Waals surface area contributed by atoms with Crippen LogP contribution in [0.1, 0.15) is 18.9 Å². The van der Waals surface area contributed by atoms with E-state index in [4.69, 9.17) is 9.47 Å². The number of ether oxygens (including phenoxy) is 2. The number of hydrogen-bond donors (Lipinski definition) is 0. The van der Waals surface area contributed by atoms with E-state index in [1.165, 1.54) is 5.56 Å². The zero-order valence-electron chi connectivity index (χ0n) is 10.1. The van der Waals surface area contributed by atoms with Crippen LogP contribution in [0.25, 0.3) is 0 Å². The fourth-order valence-electron chi connectivity index (χ4n) is 1.39. The van der Waals surface area contributed by atoms with Gasteiger partial charge >= 0.3 is 0 Å².